The standard InChI is InChI=1S/C15H17NO2/c1-11-4-5-12-6-9-16(13(12)10-11)15(14(17)18)7-2-3-8-15/h4-6,9-10H,2-3,7-8H2,1H3,(H,17,18). The quantitative estimate of drug-likeness (QED) is 0.879. The summed E-state index contributed by atoms with van der Waals surface area (Å²) in [4.78, 5) is 11.7. The van der Waals surface area contributed by atoms with E-state index in [0.717, 1.165) is 36.6 Å². The van der Waals surface area contributed by atoms with Gasteiger partial charge in [0.25, 0.3) is 0 Å². The molecule has 0 spiro atoms. The van der Waals surface area contributed by atoms with E-state index < -0.39 is 11.5 Å². The molecule has 0 radical (unpaired) electrons. The van der Waals surface area contributed by atoms with Gasteiger partial charge in [-0.3, -0.25) is 0 Å². The smallest absolute Gasteiger partial charge is 0.329 e. The van der Waals surface area contributed by atoms with E-state index in [0.29, 0.717) is 0 Å². The number of carboxylic acids is 1. The molecule has 1 fully saturated rings. The predicted molar refractivity (Wildman–Crippen MR) is 70.8 cm³/mol. The maximum Gasteiger partial charge on any atom is 0.329 e. The van der Waals surface area contributed by atoms with Crippen LogP contribution in [0.4, 0.5) is 0 Å². The van der Waals surface area contributed by atoms with E-state index in [2.05, 4.69) is 18.2 Å². The van der Waals surface area contributed by atoms with E-state index in [1.54, 1.807) is 0 Å². The summed E-state index contributed by atoms with van der Waals surface area (Å²) in [5.41, 5.74) is 1.48. The van der Waals surface area contributed by atoms with Crippen molar-refractivity contribution in [3.05, 3.63) is 36.0 Å². The van der Waals surface area contributed by atoms with Gasteiger partial charge in [-0.1, -0.05) is 25.0 Å². The summed E-state index contributed by atoms with van der Waals surface area (Å²) in [7, 11) is 0. The zero-order valence-electron chi connectivity index (χ0n) is 10.5. The van der Waals surface area contributed by atoms with Crippen molar-refractivity contribution < 1.29 is 9.90 Å². The molecule has 0 bridgehead atoms. The molecule has 18 heavy (non-hydrogen) atoms. The number of aliphatic carboxylic acids is 1. The molecule has 94 valence electrons. The van der Waals surface area contributed by atoms with Crippen LogP contribution >= 0.6 is 0 Å². The second-order valence-corrected chi connectivity index (χ2v) is 5.29. The van der Waals surface area contributed by atoms with Crippen molar-refractivity contribution >= 4 is 16.9 Å². The molecule has 1 aliphatic rings. The molecule has 0 atom stereocenters. The van der Waals surface area contributed by atoms with Crippen LogP contribution in [0.2, 0.25) is 0 Å². The third-order valence-corrected chi connectivity index (χ3v) is 4.14. The van der Waals surface area contributed by atoms with Gasteiger partial charge in [0.15, 0.2) is 0 Å². The summed E-state index contributed by atoms with van der Waals surface area (Å²) >= 11 is 0. The normalized spacial score (nSPS) is 18.3. The minimum Gasteiger partial charge on any atom is -0.479 e. The van der Waals surface area contributed by atoms with Crippen LogP contribution in [-0.4, -0.2) is 15.6 Å². The Kier molecular flexibility index (Phi) is 2.44. The largest absolute Gasteiger partial charge is 0.479 e. The molecule has 0 amide bonds. The first-order valence-electron chi connectivity index (χ1n) is 6.45. The molecule has 3 heteroatoms. The van der Waals surface area contributed by atoms with Crippen LogP contribution < -0.4 is 0 Å². The van der Waals surface area contributed by atoms with Gasteiger partial charge in [0.1, 0.15) is 5.54 Å². The minimum atomic E-state index is -0.727. The minimum absolute atomic E-state index is 0.695. The maximum atomic E-state index is 11.7. The molecule has 0 aliphatic heterocycles. The summed E-state index contributed by atoms with van der Waals surface area (Å²) < 4.78 is 1.98. The lowest BCUT2D eigenvalue weighted by Gasteiger charge is -2.27. The molecule has 1 saturated carbocycles. The Balaban J connectivity index is 2.24. The molecule has 1 aromatic heterocycles. The van der Waals surface area contributed by atoms with Gasteiger partial charge in [0.2, 0.25) is 0 Å². The number of rotatable bonds is 2. The fourth-order valence-electron chi connectivity index (χ4n) is 3.13. The van der Waals surface area contributed by atoms with Crippen molar-refractivity contribution in [2.24, 2.45) is 0 Å². The second kappa shape index (κ2) is 3.87. The third kappa shape index (κ3) is 1.47. The molecule has 3 nitrogen and oxygen atoms in total. The zero-order valence-corrected chi connectivity index (χ0v) is 10.5. The second-order valence-electron chi connectivity index (χ2n) is 5.29. The molecule has 0 unspecified atom stereocenters. The van der Waals surface area contributed by atoms with Crippen LogP contribution in [0.3, 0.4) is 0 Å². The Hall–Kier alpha value is -1.77. The number of nitrogens with zero attached hydrogens (tertiary/aromatic N) is 1. The van der Waals surface area contributed by atoms with Crippen molar-refractivity contribution in [2.45, 2.75) is 38.1 Å². The van der Waals surface area contributed by atoms with Crippen molar-refractivity contribution in [3.8, 4) is 0 Å². The summed E-state index contributed by atoms with van der Waals surface area (Å²) in [6, 6.07) is 8.22. The topological polar surface area (TPSA) is 42.2 Å². The Morgan fingerprint density at radius 1 is 1.28 bits per heavy atom. The van der Waals surface area contributed by atoms with Crippen molar-refractivity contribution in [2.75, 3.05) is 0 Å². The average molecular weight is 243 g/mol. The van der Waals surface area contributed by atoms with Gasteiger partial charge in [-0.15, -0.1) is 0 Å². The average Bonchev–Trinajstić information content (AvgIpc) is 2.94. The maximum absolute atomic E-state index is 11.7. The van der Waals surface area contributed by atoms with Gasteiger partial charge in [0.05, 0.1) is 0 Å². The molecular formula is C15H17NO2. The first-order valence-corrected chi connectivity index (χ1v) is 6.45. The molecule has 1 aliphatic carbocycles. The summed E-state index contributed by atoms with van der Waals surface area (Å²) in [6.07, 6.45) is 5.40. The molecule has 1 heterocycles. The monoisotopic (exact) mass is 243 g/mol. The Morgan fingerprint density at radius 3 is 2.67 bits per heavy atom. The first kappa shape index (κ1) is 11.3. The number of hydrogen-bond acceptors (Lipinski definition) is 1. The van der Waals surface area contributed by atoms with E-state index in [1.807, 2.05) is 23.8 Å². The van der Waals surface area contributed by atoms with Crippen LogP contribution in [0.25, 0.3) is 10.9 Å². The van der Waals surface area contributed by atoms with Gasteiger partial charge in [-0.25, -0.2) is 4.79 Å². The van der Waals surface area contributed by atoms with Crippen LogP contribution in [0.1, 0.15) is 31.2 Å². The highest BCUT2D eigenvalue weighted by atomic mass is 16.4. The van der Waals surface area contributed by atoms with Gasteiger partial charge in [-0.2, -0.15) is 0 Å². The number of benzene rings is 1. The third-order valence-electron chi connectivity index (χ3n) is 4.14. The number of aromatic nitrogens is 1. The van der Waals surface area contributed by atoms with Gasteiger partial charge in [0, 0.05) is 11.7 Å². The number of carbonyl (C=O) groups is 1. The zero-order chi connectivity index (χ0) is 12.8. The highest BCUT2D eigenvalue weighted by Crippen LogP contribution is 2.39. The fraction of sp³-hybridized carbons (Fsp3) is 0.400. The van der Waals surface area contributed by atoms with Crippen LogP contribution in [0.5, 0.6) is 0 Å². The van der Waals surface area contributed by atoms with E-state index in [9.17, 15) is 9.90 Å². The number of carboxylic acid groups (broad SMARTS) is 1. The first-order chi connectivity index (χ1) is 8.63. The Morgan fingerprint density at radius 2 is 2.00 bits per heavy atom. The van der Waals surface area contributed by atoms with E-state index in [1.165, 1.54) is 5.56 Å². The number of aryl methyl sites for hydroxylation is 1. The summed E-state index contributed by atoms with van der Waals surface area (Å²) in [5.74, 6) is -0.695. The van der Waals surface area contributed by atoms with E-state index >= 15 is 0 Å². The van der Waals surface area contributed by atoms with Crippen molar-refractivity contribution in [1.29, 1.82) is 0 Å². The Labute approximate surface area is 106 Å². The lowest BCUT2D eigenvalue weighted by atomic mass is 9.97. The predicted octanol–water partition coefficient (Wildman–Crippen LogP) is 3.30. The Bertz CT molecular complexity index is 606. The van der Waals surface area contributed by atoms with Crippen LogP contribution in [0.15, 0.2) is 30.5 Å². The van der Waals surface area contributed by atoms with Gasteiger partial charge in [-0.05, 0) is 42.8 Å². The fourth-order valence-corrected chi connectivity index (χ4v) is 3.13. The molecule has 3 rings (SSSR count). The highest BCUT2D eigenvalue weighted by Gasteiger charge is 2.43. The van der Waals surface area contributed by atoms with Crippen LogP contribution in [-0.2, 0) is 10.3 Å². The molecule has 2 aromatic rings. The molecule has 0 saturated heterocycles. The highest BCUT2D eigenvalue weighted by molar-refractivity contribution is 5.85. The van der Waals surface area contributed by atoms with Crippen molar-refractivity contribution in [1.82, 2.24) is 4.57 Å². The van der Waals surface area contributed by atoms with E-state index in [-0.39, 0.29) is 0 Å². The summed E-state index contributed by atoms with van der Waals surface area (Å²) in [6.45, 7) is 2.04. The SMILES string of the molecule is Cc1ccc2ccn(C3(C(=O)O)CCCC3)c2c1. The molecule has 1 N–H and O–H groups in total. The summed E-state index contributed by atoms with van der Waals surface area (Å²) in [5, 5.41) is 10.8. The lowest BCUT2D eigenvalue weighted by Crippen LogP contribution is -2.38. The molecule has 1 aromatic carbocycles. The number of fused-ring (bicyclic) bond motifs is 1. The molecular weight excluding hydrogens is 226 g/mol. The number of hydrogen-bond donors (Lipinski definition) is 1. The van der Waals surface area contributed by atoms with Crippen LogP contribution in [0, 0.1) is 6.92 Å². The van der Waals surface area contributed by atoms with E-state index in [4.69, 9.17) is 0 Å². The van der Waals surface area contributed by atoms with Gasteiger partial charge >= 0.3 is 5.97 Å². The lowest BCUT2D eigenvalue weighted by molar-refractivity contribution is -0.147. The van der Waals surface area contributed by atoms with Crippen molar-refractivity contribution in [3.63, 3.8) is 0 Å². The van der Waals surface area contributed by atoms with Gasteiger partial charge < -0.3 is 9.67 Å².